The number of allylic oxidation sites excluding steroid dienone is 5. The minimum Gasteiger partial charge on any atom is -0.206 e. The van der Waals surface area contributed by atoms with E-state index >= 15 is 0 Å². The molecule has 21 heavy (non-hydrogen) atoms. The third-order valence-corrected chi connectivity index (χ3v) is 3.73. The molecule has 0 saturated carbocycles. The van der Waals surface area contributed by atoms with E-state index in [1.54, 1.807) is 18.2 Å². The SMILES string of the molecule is C=CCCc1ccc(C2=CCC(C)C=C2)c(F)c1C(F)F. The molecule has 1 aromatic rings. The molecule has 1 aliphatic carbocycles. The van der Waals surface area contributed by atoms with Gasteiger partial charge in [0.15, 0.2) is 0 Å². The first-order valence-electron chi connectivity index (χ1n) is 7.13. The van der Waals surface area contributed by atoms with Gasteiger partial charge in [-0.3, -0.25) is 0 Å². The fraction of sp³-hybridized carbons (Fsp3) is 0.333. The van der Waals surface area contributed by atoms with Gasteiger partial charge in [0, 0.05) is 5.56 Å². The van der Waals surface area contributed by atoms with Crippen LogP contribution in [-0.4, -0.2) is 0 Å². The lowest BCUT2D eigenvalue weighted by Crippen LogP contribution is -2.04. The highest BCUT2D eigenvalue weighted by atomic mass is 19.3. The van der Waals surface area contributed by atoms with Gasteiger partial charge in [-0.15, -0.1) is 6.58 Å². The van der Waals surface area contributed by atoms with E-state index in [2.05, 4.69) is 13.5 Å². The van der Waals surface area contributed by atoms with Crippen LogP contribution in [0.15, 0.2) is 43.0 Å². The number of halogens is 3. The van der Waals surface area contributed by atoms with Crippen molar-refractivity contribution in [2.45, 2.75) is 32.6 Å². The van der Waals surface area contributed by atoms with Gasteiger partial charge in [0.2, 0.25) is 0 Å². The van der Waals surface area contributed by atoms with Crippen molar-refractivity contribution in [3.8, 4) is 0 Å². The van der Waals surface area contributed by atoms with Crippen molar-refractivity contribution in [3.63, 3.8) is 0 Å². The molecule has 0 aromatic heterocycles. The van der Waals surface area contributed by atoms with Crippen LogP contribution in [0.5, 0.6) is 0 Å². The van der Waals surface area contributed by atoms with Gasteiger partial charge in [-0.2, -0.15) is 0 Å². The lowest BCUT2D eigenvalue weighted by molar-refractivity contribution is 0.145. The minimum atomic E-state index is -2.81. The summed E-state index contributed by atoms with van der Waals surface area (Å²) in [5, 5.41) is 0. The third-order valence-electron chi connectivity index (χ3n) is 3.73. The number of hydrogen-bond acceptors (Lipinski definition) is 0. The largest absolute Gasteiger partial charge is 0.266 e. The van der Waals surface area contributed by atoms with Crippen LogP contribution in [0.25, 0.3) is 5.57 Å². The summed E-state index contributed by atoms with van der Waals surface area (Å²) >= 11 is 0. The number of rotatable bonds is 5. The molecule has 0 nitrogen and oxygen atoms in total. The third kappa shape index (κ3) is 3.46. The van der Waals surface area contributed by atoms with E-state index in [4.69, 9.17) is 0 Å². The first kappa shape index (κ1) is 15.6. The number of alkyl halides is 2. The van der Waals surface area contributed by atoms with Gasteiger partial charge < -0.3 is 0 Å². The zero-order valence-corrected chi connectivity index (χ0v) is 12.1. The Labute approximate surface area is 123 Å². The Morgan fingerprint density at radius 3 is 2.71 bits per heavy atom. The highest BCUT2D eigenvalue weighted by Crippen LogP contribution is 2.33. The molecule has 0 aliphatic heterocycles. The second-order valence-corrected chi connectivity index (χ2v) is 5.36. The number of aryl methyl sites for hydroxylation is 1. The molecule has 1 atom stereocenters. The molecule has 3 heteroatoms. The van der Waals surface area contributed by atoms with E-state index < -0.39 is 17.8 Å². The van der Waals surface area contributed by atoms with Gasteiger partial charge in [-0.25, -0.2) is 13.2 Å². The molecule has 0 amide bonds. The molecule has 0 spiro atoms. The highest BCUT2D eigenvalue weighted by molar-refractivity contribution is 5.76. The van der Waals surface area contributed by atoms with Crippen LogP contribution >= 0.6 is 0 Å². The average Bonchev–Trinajstić information content (AvgIpc) is 2.46. The summed E-state index contributed by atoms with van der Waals surface area (Å²) in [6.45, 7) is 5.63. The lowest BCUT2D eigenvalue weighted by Gasteiger charge is -2.16. The highest BCUT2D eigenvalue weighted by Gasteiger charge is 2.22. The molecule has 0 heterocycles. The summed E-state index contributed by atoms with van der Waals surface area (Å²) in [7, 11) is 0. The monoisotopic (exact) mass is 292 g/mol. The van der Waals surface area contributed by atoms with E-state index in [0.717, 1.165) is 6.42 Å². The van der Waals surface area contributed by atoms with Crippen molar-refractivity contribution in [1.82, 2.24) is 0 Å². The van der Waals surface area contributed by atoms with Gasteiger partial charge >= 0.3 is 0 Å². The number of hydrogen-bond donors (Lipinski definition) is 0. The normalized spacial score (nSPS) is 18.0. The maximum atomic E-state index is 14.5. The smallest absolute Gasteiger partial charge is 0.206 e. The predicted octanol–water partition coefficient (Wildman–Crippen LogP) is 5.86. The number of benzene rings is 1. The van der Waals surface area contributed by atoms with Crippen LogP contribution in [0, 0.1) is 11.7 Å². The van der Waals surface area contributed by atoms with E-state index in [-0.39, 0.29) is 5.56 Å². The Bertz CT molecular complexity index is 582. The fourth-order valence-corrected chi connectivity index (χ4v) is 2.49. The lowest BCUT2D eigenvalue weighted by atomic mass is 9.91. The van der Waals surface area contributed by atoms with Crippen LogP contribution in [0.1, 0.15) is 42.9 Å². The maximum Gasteiger partial charge on any atom is 0.266 e. The summed E-state index contributed by atoms with van der Waals surface area (Å²) < 4.78 is 41.0. The Kier molecular flexibility index (Phi) is 5.05. The molecule has 0 saturated heterocycles. The van der Waals surface area contributed by atoms with E-state index in [1.165, 1.54) is 0 Å². The van der Waals surface area contributed by atoms with Crippen molar-refractivity contribution in [3.05, 3.63) is 65.5 Å². The van der Waals surface area contributed by atoms with Crippen LogP contribution < -0.4 is 0 Å². The molecule has 0 N–H and O–H groups in total. The Morgan fingerprint density at radius 1 is 1.38 bits per heavy atom. The summed E-state index contributed by atoms with van der Waals surface area (Å²) in [6.07, 6.45) is 6.26. The molecule has 0 radical (unpaired) electrons. The zero-order chi connectivity index (χ0) is 15.4. The topological polar surface area (TPSA) is 0 Å². The maximum absolute atomic E-state index is 14.5. The minimum absolute atomic E-state index is 0.260. The standard InChI is InChI=1S/C18H19F3/c1-3-4-5-14-10-11-15(17(19)16(14)18(20)21)13-8-6-12(2)7-9-13/h3,6,8-12,18H,1,4-5,7H2,2H3. The Morgan fingerprint density at radius 2 is 2.14 bits per heavy atom. The molecule has 2 rings (SSSR count). The summed E-state index contributed by atoms with van der Waals surface area (Å²) in [5.74, 6) is -0.393. The summed E-state index contributed by atoms with van der Waals surface area (Å²) in [6, 6.07) is 3.21. The molecule has 0 bridgehead atoms. The first-order valence-corrected chi connectivity index (χ1v) is 7.13. The molecule has 1 unspecified atom stereocenters. The van der Waals surface area contributed by atoms with E-state index in [0.29, 0.717) is 29.9 Å². The van der Waals surface area contributed by atoms with Gasteiger partial charge in [0.25, 0.3) is 6.43 Å². The average molecular weight is 292 g/mol. The Balaban J connectivity index is 2.43. The molecular weight excluding hydrogens is 273 g/mol. The van der Waals surface area contributed by atoms with E-state index in [1.807, 2.05) is 18.2 Å². The second kappa shape index (κ2) is 6.79. The van der Waals surface area contributed by atoms with Crippen LogP contribution in [0.3, 0.4) is 0 Å². The van der Waals surface area contributed by atoms with Gasteiger partial charge in [-0.1, -0.05) is 43.4 Å². The van der Waals surface area contributed by atoms with Crippen molar-refractivity contribution in [1.29, 1.82) is 0 Å². The first-order chi connectivity index (χ1) is 10.0. The Hall–Kier alpha value is -1.77. The summed E-state index contributed by atoms with van der Waals surface area (Å²) in [5.41, 5.74) is 0.834. The molecular formula is C18H19F3. The van der Waals surface area contributed by atoms with Crippen LogP contribution in [0.4, 0.5) is 13.2 Å². The van der Waals surface area contributed by atoms with Crippen molar-refractivity contribution in [2.75, 3.05) is 0 Å². The predicted molar refractivity (Wildman–Crippen MR) is 80.8 cm³/mol. The van der Waals surface area contributed by atoms with Crippen molar-refractivity contribution in [2.24, 2.45) is 5.92 Å². The quantitative estimate of drug-likeness (QED) is 0.596. The fourth-order valence-electron chi connectivity index (χ4n) is 2.49. The molecule has 0 fully saturated rings. The molecule has 1 aromatic carbocycles. The van der Waals surface area contributed by atoms with E-state index in [9.17, 15) is 13.2 Å². The van der Waals surface area contributed by atoms with Gasteiger partial charge in [0.1, 0.15) is 5.82 Å². The second-order valence-electron chi connectivity index (χ2n) is 5.36. The molecule has 112 valence electrons. The zero-order valence-electron chi connectivity index (χ0n) is 12.1. The van der Waals surface area contributed by atoms with Crippen molar-refractivity contribution >= 4 is 5.57 Å². The van der Waals surface area contributed by atoms with Gasteiger partial charge in [-0.05, 0) is 36.3 Å². The van der Waals surface area contributed by atoms with Crippen molar-refractivity contribution < 1.29 is 13.2 Å². The van der Waals surface area contributed by atoms with Crippen LogP contribution in [-0.2, 0) is 6.42 Å². The van der Waals surface area contributed by atoms with Gasteiger partial charge in [0.05, 0.1) is 5.56 Å². The molecule has 1 aliphatic rings. The summed E-state index contributed by atoms with van der Waals surface area (Å²) in [4.78, 5) is 0. The van der Waals surface area contributed by atoms with Crippen LogP contribution in [0.2, 0.25) is 0 Å².